The number of hydrogen-bond donors (Lipinski definition) is 1. The molecule has 4 nitrogen and oxygen atoms in total. The zero-order chi connectivity index (χ0) is 21.4. The van der Waals surface area contributed by atoms with Crippen molar-refractivity contribution in [3.05, 3.63) is 65.7 Å². The molecule has 1 atom stereocenters. The minimum atomic E-state index is -0.499. The summed E-state index contributed by atoms with van der Waals surface area (Å²) >= 11 is 1.51. The molecule has 0 heterocycles. The minimum absolute atomic E-state index is 0.0321. The van der Waals surface area contributed by atoms with Gasteiger partial charge in [-0.15, -0.1) is 11.8 Å². The Balaban J connectivity index is 2.19. The molecule has 0 aliphatic rings. The molecule has 0 saturated carbocycles. The van der Waals surface area contributed by atoms with Gasteiger partial charge < -0.3 is 10.2 Å². The first-order chi connectivity index (χ1) is 13.7. The lowest BCUT2D eigenvalue weighted by molar-refractivity contribution is -0.140. The summed E-state index contributed by atoms with van der Waals surface area (Å²) in [5.41, 5.74) is 1.86. The largest absolute Gasteiger partial charge is 0.350 e. The van der Waals surface area contributed by atoms with Crippen LogP contribution in [0.15, 0.2) is 59.5 Å². The van der Waals surface area contributed by atoms with Gasteiger partial charge in [-0.05, 0) is 51.8 Å². The molecule has 0 saturated heterocycles. The van der Waals surface area contributed by atoms with Gasteiger partial charge in [0.2, 0.25) is 11.8 Å². The fourth-order valence-electron chi connectivity index (χ4n) is 3.02. The van der Waals surface area contributed by atoms with E-state index in [-0.39, 0.29) is 17.4 Å². The Bertz CT molecular complexity index is 798. The lowest BCUT2D eigenvalue weighted by atomic mass is 10.1. The van der Waals surface area contributed by atoms with Crippen molar-refractivity contribution in [3.63, 3.8) is 0 Å². The van der Waals surface area contributed by atoms with Crippen LogP contribution in [0.2, 0.25) is 0 Å². The summed E-state index contributed by atoms with van der Waals surface area (Å²) in [4.78, 5) is 28.9. The van der Waals surface area contributed by atoms with Crippen LogP contribution >= 0.6 is 11.8 Å². The van der Waals surface area contributed by atoms with Gasteiger partial charge in [0.05, 0.1) is 5.75 Å². The molecule has 2 aromatic carbocycles. The standard InChI is InChI=1S/C24H32N2O2S/c1-6-21(23(28)25-24(3,4)5)26(16-19-10-8-7-9-11-19)22(27)17-29-20-14-12-18(2)13-15-20/h7-15,21H,6,16-17H2,1-5H3,(H,25,28)/t21-/m1/s1. The monoisotopic (exact) mass is 412 g/mol. The Morgan fingerprint density at radius 1 is 1.03 bits per heavy atom. The van der Waals surface area contributed by atoms with Crippen LogP contribution in [0.5, 0.6) is 0 Å². The number of amides is 2. The fraction of sp³-hybridized carbons (Fsp3) is 0.417. The first kappa shape index (κ1) is 23.0. The van der Waals surface area contributed by atoms with Gasteiger partial charge in [0.25, 0.3) is 0 Å². The van der Waals surface area contributed by atoms with E-state index in [9.17, 15) is 9.59 Å². The molecule has 0 aliphatic carbocycles. The molecule has 0 aromatic heterocycles. The van der Waals surface area contributed by atoms with E-state index in [0.717, 1.165) is 10.5 Å². The number of nitrogens with zero attached hydrogens (tertiary/aromatic N) is 1. The van der Waals surface area contributed by atoms with E-state index < -0.39 is 6.04 Å². The van der Waals surface area contributed by atoms with Gasteiger partial charge in [-0.2, -0.15) is 0 Å². The molecule has 2 rings (SSSR count). The lowest BCUT2D eigenvalue weighted by Crippen LogP contribution is -2.53. The Morgan fingerprint density at radius 2 is 1.66 bits per heavy atom. The summed E-state index contributed by atoms with van der Waals surface area (Å²) in [6.45, 7) is 10.3. The van der Waals surface area contributed by atoms with Crippen molar-refractivity contribution in [1.82, 2.24) is 10.2 Å². The van der Waals surface area contributed by atoms with Gasteiger partial charge in [0.15, 0.2) is 0 Å². The Hall–Kier alpha value is -2.27. The second-order valence-corrected chi connectivity index (χ2v) is 9.32. The number of thioether (sulfide) groups is 1. The average Bonchev–Trinajstić information content (AvgIpc) is 2.66. The lowest BCUT2D eigenvalue weighted by Gasteiger charge is -2.33. The van der Waals surface area contributed by atoms with Gasteiger partial charge in [-0.3, -0.25) is 9.59 Å². The van der Waals surface area contributed by atoms with Crippen molar-refractivity contribution in [2.45, 2.75) is 64.1 Å². The summed E-state index contributed by atoms with van der Waals surface area (Å²) in [7, 11) is 0. The average molecular weight is 413 g/mol. The van der Waals surface area contributed by atoms with Crippen LogP contribution in [-0.2, 0) is 16.1 Å². The van der Waals surface area contributed by atoms with Crippen molar-refractivity contribution in [3.8, 4) is 0 Å². The molecule has 0 aliphatic heterocycles. The van der Waals surface area contributed by atoms with Crippen LogP contribution in [-0.4, -0.2) is 34.0 Å². The van der Waals surface area contributed by atoms with Crippen molar-refractivity contribution >= 4 is 23.6 Å². The Kier molecular flexibility index (Phi) is 8.32. The van der Waals surface area contributed by atoms with Gasteiger partial charge in [-0.1, -0.05) is 55.0 Å². The summed E-state index contributed by atoms with van der Waals surface area (Å²) in [5, 5.41) is 3.03. The highest BCUT2D eigenvalue weighted by Gasteiger charge is 2.30. The minimum Gasteiger partial charge on any atom is -0.350 e. The number of aryl methyl sites for hydroxylation is 1. The maximum atomic E-state index is 13.2. The van der Waals surface area contributed by atoms with Gasteiger partial charge >= 0.3 is 0 Å². The van der Waals surface area contributed by atoms with E-state index >= 15 is 0 Å². The fourth-order valence-corrected chi connectivity index (χ4v) is 3.80. The first-order valence-electron chi connectivity index (χ1n) is 10.0. The molecule has 0 unspecified atom stereocenters. The molecule has 0 bridgehead atoms. The number of hydrogen-bond acceptors (Lipinski definition) is 3. The van der Waals surface area contributed by atoms with E-state index in [1.165, 1.54) is 17.3 Å². The molecule has 156 valence electrons. The number of carbonyl (C=O) groups excluding carboxylic acids is 2. The van der Waals surface area contributed by atoms with Crippen LogP contribution in [0.1, 0.15) is 45.2 Å². The SMILES string of the molecule is CC[C@H](C(=O)NC(C)(C)C)N(Cc1ccccc1)C(=O)CSc1ccc(C)cc1. The Labute approximate surface area is 179 Å². The maximum Gasteiger partial charge on any atom is 0.243 e. The molecule has 5 heteroatoms. The third-order valence-corrected chi connectivity index (χ3v) is 5.46. The normalized spacial score (nSPS) is 12.3. The van der Waals surface area contributed by atoms with Gasteiger partial charge in [0, 0.05) is 17.0 Å². The van der Waals surface area contributed by atoms with Crippen LogP contribution in [0.4, 0.5) is 0 Å². The number of rotatable bonds is 8. The second-order valence-electron chi connectivity index (χ2n) is 8.27. The zero-order valence-corrected chi connectivity index (χ0v) is 18.9. The van der Waals surface area contributed by atoms with Crippen LogP contribution in [0, 0.1) is 6.92 Å². The van der Waals surface area contributed by atoms with E-state index in [1.807, 2.05) is 89.2 Å². The maximum absolute atomic E-state index is 13.2. The predicted octanol–water partition coefficient (Wildman–Crippen LogP) is 4.81. The third kappa shape index (κ3) is 7.58. The molecule has 0 fully saturated rings. The molecule has 29 heavy (non-hydrogen) atoms. The number of carbonyl (C=O) groups is 2. The smallest absolute Gasteiger partial charge is 0.243 e. The van der Waals surface area contributed by atoms with Crippen LogP contribution < -0.4 is 5.32 Å². The van der Waals surface area contributed by atoms with Crippen molar-refractivity contribution in [2.75, 3.05) is 5.75 Å². The molecule has 2 aromatic rings. The first-order valence-corrected chi connectivity index (χ1v) is 11.0. The van der Waals surface area contributed by atoms with E-state index in [4.69, 9.17) is 0 Å². The quantitative estimate of drug-likeness (QED) is 0.633. The summed E-state index contributed by atoms with van der Waals surface area (Å²) < 4.78 is 0. The number of nitrogens with one attached hydrogen (secondary N) is 1. The zero-order valence-electron chi connectivity index (χ0n) is 18.1. The van der Waals surface area contributed by atoms with Gasteiger partial charge in [-0.25, -0.2) is 0 Å². The number of benzene rings is 2. The molecule has 0 spiro atoms. The topological polar surface area (TPSA) is 49.4 Å². The van der Waals surface area contributed by atoms with Crippen molar-refractivity contribution < 1.29 is 9.59 Å². The van der Waals surface area contributed by atoms with Gasteiger partial charge in [0.1, 0.15) is 6.04 Å². The highest BCUT2D eigenvalue weighted by Crippen LogP contribution is 2.21. The molecular formula is C24H32N2O2S. The third-order valence-electron chi connectivity index (χ3n) is 4.46. The molecule has 1 N–H and O–H groups in total. The van der Waals surface area contributed by atoms with E-state index in [2.05, 4.69) is 5.32 Å². The van der Waals surface area contributed by atoms with E-state index in [0.29, 0.717) is 18.7 Å². The van der Waals surface area contributed by atoms with Crippen molar-refractivity contribution in [2.24, 2.45) is 0 Å². The predicted molar refractivity (Wildman–Crippen MR) is 121 cm³/mol. The second kappa shape index (κ2) is 10.5. The molecular weight excluding hydrogens is 380 g/mol. The van der Waals surface area contributed by atoms with Crippen LogP contribution in [0.3, 0.4) is 0 Å². The highest BCUT2D eigenvalue weighted by molar-refractivity contribution is 8.00. The highest BCUT2D eigenvalue weighted by atomic mass is 32.2. The van der Waals surface area contributed by atoms with E-state index in [1.54, 1.807) is 4.90 Å². The molecule has 0 radical (unpaired) electrons. The summed E-state index contributed by atoms with van der Waals surface area (Å²) in [5.74, 6) is 0.162. The summed E-state index contributed by atoms with van der Waals surface area (Å²) in [6.07, 6.45) is 0.565. The Morgan fingerprint density at radius 3 is 2.21 bits per heavy atom. The molecule has 2 amide bonds. The van der Waals surface area contributed by atoms with Crippen LogP contribution in [0.25, 0.3) is 0 Å². The summed E-state index contributed by atoms with van der Waals surface area (Å²) in [6, 6.07) is 17.5. The van der Waals surface area contributed by atoms with Crippen molar-refractivity contribution in [1.29, 1.82) is 0 Å².